The Morgan fingerprint density at radius 1 is 0.531 bits per heavy atom. The lowest BCUT2D eigenvalue weighted by Gasteiger charge is -2.23. The van der Waals surface area contributed by atoms with E-state index >= 15 is 0 Å². The van der Waals surface area contributed by atoms with Crippen LogP contribution in [0.15, 0.2) is 66.7 Å². The van der Waals surface area contributed by atoms with E-state index in [-0.39, 0.29) is 0 Å². The van der Waals surface area contributed by atoms with Gasteiger partial charge in [0.15, 0.2) is 0 Å². The molecule has 0 unspecified atom stereocenters. The van der Waals surface area contributed by atoms with Crippen LogP contribution < -0.4 is 0 Å². The van der Waals surface area contributed by atoms with Crippen molar-refractivity contribution in [1.82, 2.24) is 0 Å². The molecule has 0 aliphatic heterocycles. The molecule has 0 saturated heterocycles. The minimum atomic E-state index is 0.705. The maximum absolute atomic E-state index is 10.1. The Kier molecular flexibility index (Phi) is 5.72. The standard InChI is InChI=1S/C31H29N/c1-19-14-21(3)28(22(4)15-19)27-13-12-26(18-32)30(25-10-8-7-9-11-25)31(27)29-23(5)16-20(2)17-24(29)6/h7-17H,1-6H3. The second-order valence-corrected chi connectivity index (χ2v) is 8.94. The van der Waals surface area contributed by atoms with E-state index in [1.54, 1.807) is 0 Å². The molecule has 0 aromatic heterocycles. The summed E-state index contributed by atoms with van der Waals surface area (Å²) < 4.78 is 0. The molecule has 0 heterocycles. The van der Waals surface area contributed by atoms with Crippen LogP contribution in [0.1, 0.15) is 38.9 Å². The van der Waals surface area contributed by atoms with E-state index in [1.807, 2.05) is 24.3 Å². The fraction of sp³-hybridized carbons (Fsp3) is 0.194. The lowest BCUT2D eigenvalue weighted by Crippen LogP contribution is -2.00. The van der Waals surface area contributed by atoms with Gasteiger partial charge in [-0.15, -0.1) is 0 Å². The van der Waals surface area contributed by atoms with Gasteiger partial charge < -0.3 is 0 Å². The third-order valence-corrected chi connectivity index (χ3v) is 6.26. The lowest BCUT2D eigenvalue weighted by molar-refractivity contribution is 1.30. The number of aryl methyl sites for hydroxylation is 6. The van der Waals surface area contributed by atoms with Gasteiger partial charge in [-0.05, 0) is 97.7 Å². The molecule has 0 fully saturated rings. The summed E-state index contributed by atoms with van der Waals surface area (Å²) in [5, 5.41) is 10.1. The van der Waals surface area contributed by atoms with Crippen LogP contribution in [-0.2, 0) is 0 Å². The molecule has 0 amide bonds. The van der Waals surface area contributed by atoms with Gasteiger partial charge >= 0.3 is 0 Å². The quantitative estimate of drug-likeness (QED) is 0.329. The highest BCUT2D eigenvalue weighted by Crippen LogP contribution is 2.46. The molecular weight excluding hydrogens is 386 g/mol. The molecule has 0 atom stereocenters. The van der Waals surface area contributed by atoms with Crippen molar-refractivity contribution in [3.8, 4) is 39.4 Å². The first-order valence-electron chi connectivity index (χ1n) is 11.1. The first-order chi connectivity index (χ1) is 15.3. The van der Waals surface area contributed by atoms with Gasteiger partial charge in [0.1, 0.15) is 0 Å². The van der Waals surface area contributed by atoms with Gasteiger partial charge in [-0.2, -0.15) is 5.26 Å². The number of nitrogens with zero attached hydrogens (tertiary/aromatic N) is 1. The summed E-state index contributed by atoms with van der Waals surface area (Å²) in [5.41, 5.74) is 15.1. The number of hydrogen-bond acceptors (Lipinski definition) is 1. The van der Waals surface area contributed by atoms with E-state index < -0.39 is 0 Å². The second-order valence-electron chi connectivity index (χ2n) is 8.94. The number of rotatable bonds is 3. The Morgan fingerprint density at radius 2 is 1.03 bits per heavy atom. The predicted molar refractivity (Wildman–Crippen MR) is 136 cm³/mol. The Hall–Kier alpha value is -3.63. The van der Waals surface area contributed by atoms with Crippen molar-refractivity contribution in [2.45, 2.75) is 41.5 Å². The molecule has 1 heteroatoms. The summed E-state index contributed by atoms with van der Waals surface area (Å²) in [6.45, 7) is 13.0. The van der Waals surface area contributed by atoms with E-state index in [2.05, 4.69) is 90.1 Å². The summed E-state index contributed by atoms with van der Waals surface area (Å²) in [6, 6.07) is 25.9. The highest BCUT2D eigenvalue weighted by atomic mass is 14.3. The van der Waals surface area contributed by atoms with Crippen LogP contribution in [0, 0.1) is 52.9 Å². The molecule has 0 spiro atoms. The molecule has 1 nitrogen and oxygen atoms in total. The van der Waals surface area contributed by atoms with Crippen LogP contribution in [0.5, 0.6) is 0 Å². The predicted octanol–water partition coefficient (Wildman–Crippen LogP) is 8.41. The minimum absolute atomic E-state index is 0.705. The topological polar surface area (TPSA) is 23.8 Å². The molecule has 0 saturated carbocycles. The zero-order valence-corrected chi connectivity index (χ0v) is 19.8. The van der Waals surface area contributed by atoms with Crippen molar-refractivity contribution in [1.29, 1.82) is 5.26 Å². The SMILES string of the molecule is Cc1cc(C)c(-c2ccc(C#N)c(-c3ccccc3)c2-c2c(C)cc(C)cc2C)c(C)c1. The summed E-state index contributed by atoms with van der Waals surface area (Å²) in [7, 11) is 0. The van der Waals surface area contributed by atoms with Gasteiger partial charge in [0.25, 0.3) is 0 Å². The van der Waals surface area contributed by atoms with Gasteiger partial charge in [-0.3, -0.25) is 0 Å². The molecule has 4 rings (SSSR count). The number of hydrogen-bond donors (Lipinski definition) is 0. The molecule has 0 bridgehead atoms. The number of benzene rings is 4. The normalized spacial score (nSPS) is 10.8. The van der Waals surface area contributed by atoms with Crippen molar-refractivity contribution in [3.63, 3.8) is 0 Å². The minimum Gasteiger partial charge on any atom is -0.192 e. The van der Waals surface area contributed by atoms with E-state index in [9.17, 15) is 5.26 Å². The second kappa shape index (κ2) is 8.48. The maximum Gasteiger partial charge on any atom is 0.0998 e. The average Bonchev–Trinajstić information content (AvgIpc) is 2.73. The van der Waals surface area contributed by atoms with E-state index in [0.29, 0.717) is 5.56 Å². The Labute approximate surface area is 192 Å². The molecule has 0 aliphatic rings. The van der Waals surface area contributed by atoms with E-state index in [1.165, 1.54) is 50.1 Å². The van der Waals surface area contributed by atoms with Crippen molar-refractivity contribution in [2.75, 3.05) is 0 Å². The number of nitriles is 1. The molecule has 4 aromatic rings. The van der Waals surface area contributed by atoms with Crippen molar-refractivity contribution in [2.24, 2.45) is 0 Å². The van der Waals surface area contributed by atoms with Gasteiger partial charge in [0, 0.05) is 5.56 Å². The Balaban J connectivity index is 2.23. The molecule has 0 aliphatic carbocycles. The van der Waals surface area contributed by atoms with Gasteiger partial charge in [-0.25, -0.2) is 0 Å². The summed E-state index contributed by atoms with van der Waals surface area (Å²) in [4.78, 5) is 0. The lowest BCUT2D eigenvalue weighted by atomic mass is 9.80. The molecule has 158 valence electrons. The fourth-order valence-corrected chi connectivity index (χ4v) is 5.25. The van der Waals surface area contributed by atoms with Crippen LogP contribution >= 0.6 is 0 Å². The van der Waals surface area contributed by atoms with Crippen LogP contribution in [0.2, 0.25) is 0 Å². The van der Waals surface area contributed by atoms with Crippen molar-refractivity contribution >= 4 is 0 Å². The van der Waals surface area contributed by atoms with Crippen LogP contribution in [0.3, 0.4) is 0 Å². The average molecular weight is 416 g/mol. The summed E-state index contributed by atoms with van der Waals surface area (Å²) in [5.74, 6) is 0. The van der Waals surface area contributed by atoms with E-state index in [0.717, 1.165) is 16.7 Å². The van der Waals surface area contributed by atoms with Crippen molar-refractivity contribution < 1.29 is 0 Å². The molecule has 32 heavy (non-hydrogen) atoms. The molecule has 4 aromatic carbocycles. The smallest absolute Gasteiger partial charge is 0.0998 e. The first-order valence-corrected chi connectivity index (χ1v) is 11.1. The monoisotopic (exact) mass is 415 g/mol. The molecular formula is C31H29N. The fourth-order valence-electron chi connectivity index (χ4n) is 5.25. The third-order valence-electron chi connectivity index (χ3n) is 6.26. The Bertz CT molecular complexity index is 1320. The highest BCUT2D eigenvalue weighted by molar-refractivity contribution is 5.99. The van der Waals surface area contributed by atoms with Crippen LogP contribution in [-0.4, -0.2) is 0 Å². The summed E-state index contributed by atoms with van der Waals surface area (Å²) >= 11 is 0. The third kappa shape index (κ3) is 3.74. The van der Waals surface area contributed by atoms with Gasteiger partial charge in [0.05, 0.1) is 11.6 Å². The van der Waals surface area contributed by atoms with Crippen molar-refractivity contribution in [3.05, 3.63) is 106 Å². The van der Waals surface area contributed by atoms with Gasteiger partial charge in [-0.1, -0.05) is 71.8 Å². The Morgan fingerprint density at radius 3 is 1.53 bits per heavy atom. The first kappa shape index (κ1) is 21.6. The zero-order chi connectivity index (χ0) is 23.0. The highest BCUT2D eigenvalue weighted by Gasteiger charge is 2.22. The molecule has 0 N–H and O–H groups in total. The zero-order valence-electron chi connectivity index (χ0n) is 19.8. The summed E-state index contributed by atoms with van der Waals surface area (Å²) in [6.07, 6.45) is 0. The largest absolute Gasteiger partial charge is 0.192 e. The van der Waals surface area contributed by atoms with Gasteiger partial charge in [0.2, 0.25) is 0 Å². The van der Waals surface area contributed by atoms with Crippen LogP contribution in [0.4, 0.5) is 0 Å². The van der Waals surface area contributed by atoms with E-state index in [4.69, 9.17) is 0 Å². The van der Waals surface area contributed by atoms with Crippen LogP contribution in [0.25, 0.3) is 33.4 Å². The molecule has 0 radical (unpaired) electrons. The maximum atomic E-state index is 10.1.